The van der Waals surface area contributed by atoms with Gasteiger partial charge in [-0.2, -0.15) is 0 Å². The molecule has 0 aromatic rings. The molecule has 1 unspecified atom stereocenters. The average molecular weight is 195 g/mol. The molecule has 4 nitrogen and oxygen atoms in total. The molecule has 2 aliphatic heterocycles. The van der Waals surface area contributed by atoms with Gasteiger partial charge in [0, 0.05) is 26.1 Å². The van der Waals surface area contributed by atoms with E-state index in [-0.39, 0.29) is 0 Å². The Morgan fingerprint density at radius 3 is 2.21 bits per heavy atom. The zero-order chi connectivity index (χ0) is 9.71. The first kappa shape index (κ1) is 8.68. The Hall–Kier alpha value is -0.610. The number of nitrogens with zero attached hydrogens (tertiary/aromatic N) is 1. The van der Waals surface area contributed by atoms with Gasteiger partial charge in [0.15, 0.2) is 0 Å². The number of hydrogen-bond donors (Lipinski definition) is 2. The predicted molar refractivity (Wildman–Crippen MR) is 52.8 cm³/mol. The van der Waals surface area contributed by atoms with Crippen molar-refractivity contribution in [3.8, 4) is 0 Å². The van der Waals surface area contributed by atoms with Crippen molar-refractivity contribution in [1.29, 1.82) is 0 Å². The molecule has 3 rings (SSSR count). The minimum absolute atomic E-state index is 0.349. The van der Waals surface area contributed by atoms with Crippen molar-refractivity contribution in [3.63, 3.8) is 0 Å². The van der Waals surface area contributed by atoms with E-state index in [1.54, 1.807) is 0 Å². The molecule has 3 aliphatic rings. The third-order valence-electron chi connectivity index (χ3n) is 4.03. The minimum atomic E-state index is 0.349. The van der Waals surface area contributed by atoms with Crippen LogP contribution in [0.25, 0.3) is 0 Å². The van der Waals surface area contributed by atoms with Gasteiger partial charge in [-0.05, 0) is 24.9 Å². The van der Waals surface area contributed by atoms with E-state index < -0.39 is 0 Å². The molecule has 3 fully saturated rings. The van der Waals surface area contributed by atoms with Crippen molar-refractivity contribution in [2.75, 3.05) is 33.2 Å². The molecule has 1 aliphatic carbocycles. The van der Waals surface area contributed by atoms with Crippen molar-refractivity contribution in [1.82, 2.24) is 15.5 Å². The lowest BCUT2D eigenvalue weighted by atomic mass is 10.1. The van der Waals surface area contributed by atoms with Crippen molar-refractivity contribution in [2.24, 2.45) is 17.8 Å². The van der Waals surface area contributed by atoms with Crippen molar-refractivity contribution in [3.05, 3.63) is 0 Å². The summed E-state index contributed by atoms with van der Waals surface area (Å²) in [5.41, 5.74) is 0. The summed E-state index contributed by atoms with van der Waals surface area (Å²) >= 11 is 0. The number of rotatable bonds is 2. The highest BCUT2D eigenvalue weighted by Crippen LogP contribution is 2.49. The summed E-state index contributed by atoms with van der Waals surface area (Å²) < 4.78 is 0. The van der Waals surface area contributed by atoms with E-state index in [0.29, 0.717) is 29.7 Å². The fourth-order valence-electron chi connectivity index (χ4n) is 2.75. The van der Waals surface area contributed by atoms with Crippen LogP contribution >= 0.6 is 0 Å². The van der Waals surface area contributed by atoms with Crippen LogP contribution in [0.15, 0.2) is 0 Å². The Balaban J connectivity index is 1.60. The summed E-state index contributed by atoms with van der Waals surface area (Å²) in [7, 11) is 1.95. The lowest BCUT2D eigenvalue weighted by Gasteiger charge is -2.36. The topological polar surface area (TPSA) is 44.4 Å². The van der Waals surface area contributed by atoms with Crippen LogP contribution in [-0.4, -0.2) is 50.1 Å². The van der Waals surface area contributed by atoms with E-state index in [1.807, 2.05) is 11.9 Å². The lowest BCUT2D eigenvalue weighted by Crippen LogP contribution is -2.58. The monoisotopic (exact) mass is 195 g/mol. The van der Waals surface area contributed by atoms with Gasteiger partial charge in [-0.25, -0.2) is 0 Å². The van der Waals surface area contributed by atoms with E-state index in [4.69, 9.17) is 0 Å². The van der Waals surface area contributed by atoms with Crippen molar-refractivity contribution >= 4 is 5.91 Å². The van der Waals surface area contributed by atoms with Crippen LogP contribution in [0.4, 0.5) is 0 Å². The molecule has 78 valence electrons. The predicted octanol–water partition coefficient (Wildman–Crippen LogP) is -1.12. The SMILES string of the molecule is CN(C(=O)C1[C@H]2CNC[C@@H]12)C1CNC1. The molecule has 2 saturated heterocycles. The molecule has 0 radical (unpaired) electrons. The van der Waals surface area contributed by atoms with E-state index in [2.05, 4.69) is 10.6 Å². The van der Waals surface area contributed by atoms with Crippen LogP contribution in [-0.2, 0) is 4.79 Å². The number of nitrogens with one attached hydrogen (secondary N) is 2. The number of piperidine rings is 1. The van der Waals surface area contributed by atoms with Gasteiger partial charge in [-0.3, -0.25) is 4.79 Å². The van der Waals surface area contributed by atoms with Gasteiger partial charge < -0.3 is 15.5 Å². The number of fused-ring (bicyclic) bond motifs is 1. The quantitative estimate of drug-likeness (QED) is 0.587. The Labute approximate surface area is 84.0 Å². The Morgan fingerprint density at radius 1 is 1.14 bits per heavy atom. The van der Waals surface area contributed by atoms with Crippen LogP contribution in [0.2, 0.25) is 0 Å². The highest BCUT2D eigenvalue weighted by Gasteiger charge is 2.58. The molecule has 0 spiro atoms. The molecule has 3 atom stereocenters. The summed E-state index contributed by atoms with van der Waals surface area (Å²) in [4.78, 5) is 14.0. The fourth-order valence-corrected chi connectivity index (χ4v) is 2.75. The van der Waals surface area contributed by atoms with E-state index in [1.165, 1.54) is 0 Å². The van der Waals surface area contributed by atoms with Gasteiger partial charge >= 0.3 is 0 Å². The van der Waals surface area contributed by atoms with Crippen LogP contribution < -0.4 is 10.6 Å². The average Bonchev–Trinajstić information content (AvgIpc) is 2.54. The first-order chi connectivity index (χ1) is 6.79. The minimum Gasteiger partial charge on any atom is -0.340 e. The Morgan fingerprint density at radius 2 is 1.71 bits per heavy atom. The number of carbonyl (C=O) groups excluding carboxylic acids is 1. The second-order valence-corrected chi connectivity index (χ2v) is 4.77. The van der Waals surface area contributed by atoms with Gasteiger partial charge in [0.1, 0.15) is 0 Å². The van der Waals surface area contributed by atoms with Crippen molar-refractivity contribution in [2.45, 2.75) is 6.04 Å². The van der Waals surface area contributed by atoms with E-state index in [0.717, 1.165) is 26.2 Å². The zero-order valence-electron chi connectivity index (χ0n) is 8.49. The summed E-state index contributed by atoms with van der Waals surface area (Å²) in [6.45, 7) is 4.06. The van der Waals surface area contributed by atoms with Crippen LogP contribution in [0.5, 0.6) is 0 Å². The molecule has 14 heavy (non-hydrogen) atoms. The molecule has 4 heteroatoms. The van der Waals surface area contributed by atoms with Gasteiger partial charge in [0.2, 0.25) is 5.91 Å². The summed E-state index contributed by atoms with van der Waals surface area (Å²) in [6, 6.07) is 0.455. The molecule has 2 heterocycles. The summed E-state index contributed by atoms with van der Waals surface area (Å²) in [5.74, 6) is 2.03. The van der Waals surface area contributed by atoms with E-state index in [9.17, 15) is 4.79 Å². The molecular formula is C10H17N3O. The molecule has 0 aromatic heterocycles. The van der Waals surface area contributed by atoms with Crippen LogP contribution in [0, 0.1) is 17.8 Å². The first-order valence-electron chi connectivity index (χ1n) is 5.47. The zero-order valence-corrected chi connectivity index (χ0v) is 8.49. The second kappa shape index (κ2) is 2.94. The standard InChI is InChI=1S/C10H17N3O/c1-13(6-2-11-3-6)10(14)9-7-4-12-5-8(7)9/h6-9,11-12H,2-5H2,1H3/t7-,8+,9?. The maximum Gasteiger partial charge on any atom is 0.226 e. The van der Waals surface area contributed by atoms with Gasteiger partial charge in [0.25, 0.3) is 0 Å². The number of likely N-dealkylation sites (N-methyl/N-ethyl adjacent to an activating group) is 1. The molecule has 1 amide bonds. The first-order valence-corrected chi connectivity index (χ1v) is 5.47. The Bertz CT molecular complexity index is 247. The second-order valence-electron chi connectivity index (χ2n) is 4.77. The van der Waals surface area contributed by atoms with E-state index >= 15 is 0 Å². The van der Waals surface area contributed by atoms with Gasteiger partial charge in [0.05, 0.1) is 6.04 Å². The number of carbonyl (C=O) groups is 1. The largest absolute Gasteiger partial charge is 0.340 e. The van der Waals surface area contributed by atoms with Gasteiger partial charge in [-0.15, -0.1) is 0 Å². The van der Waals surface area contributed by atoms with Crippen LogP contribution in [0.1, 0.15) is 0 Å². The third-order valence-corrected chi connectivity index (χ3v) is 4.03. The Kier molecular flexibility index (Phi) is 1.82. The summed E-state index contributed by atoms with van der Waals surface area (Å²) in [5, 5.41) is 6.52. The maximum atomic E-state index is 12.0. The van der Waals surface area contributed by atoms with Gasteiger partial charge in [-0.1, -0.05) is 0 Å². The maximum absolute atomic E-state index is 12.0. The number of amides is 1. The normalized spacial score (nSPS) is 40.2. The molecule has 0 bridgehead atoms. The highest BCUT2D eigenvalue weighted by molar-refractivity contribution is 5.83. The fraction of sp³-hybridized carbons (Fsp3) is 0.900. The van der Waals surface area contributed by atoms with Crippen LogP contribution in [0.3, 0.4) is 0 Å². The third kappa shape index (κ3) is 1.10. The van der Waals surface area contributed by atoms with Crippen molar-refractivity contribution < 1.29 is 4.79 Å². The highest BCUT2D eigenvalue weighted by atomic mass is 16.2. The molecule has 1 saturated carbocycles. The smallest absolute Gasteiger partial charge is 0.226 e. The summed E-state index contributed by atoms with van der Waals surface area (Å²) in [6.07, 6.45) is 0. The number of hydrogen-bond acceptors (Lipinski definition) is 3. The molecule has 0 aromatic carbocycles. The molecule has 2 N–H and O–H groups in total. The lowest BCUT2D eigenvalue weighted by molar-refractivity contribution is -0.135. The molecular weight excluding hydrogens is 178 g/mol.